The van der Waals surface area contributed by atoms with E-state index >= 15 is 0 Å². The Balaban J connectivity index is 1.62. The van der Waals surface area contributed by atoms with E-state index in [1.54, 1.807) is 0 Å². The molecule has 0 unspecified atom stereocenters. The molecule has 3 rings (SSSR count). The average Bonchev–Trinajstić information content (AvgIpc) is 3.18. The first kappa shape index (κ1) is 16.9. The number of rotatable bonds is 6. The van der Waals surface area contributed by atoms with Gasteiger partial charge < -0.3 is 5.11 Å². The minimum absolute atomic E-state index is 0.300. The summed E-state index contributed by atoms with van der Waals surface area (Å²) in [7, 11) is 0. The average molecular weight is 320 g/mol. The smallest absolute Gasteiger partial charge is 0.0638 e. The number of aromatic nitrogens is 2. The minimum atomic E-state index is 0.300. The van der Waals surface area contributed by atoms with Crippen molar-refractivity contribution in [3.63, 3.8) is 0 Å². The van der Waals surface area contributed by atoms with E-state index in [-0.39, 0.29) is 0 Å². The van der Waals surface area contributed by atoms with Crippen molar-refractivity contribution in [1.29, 1.82) is 0 Å². The molecule has 0 aromatic carbocycles. The third-order valence-corrected chi connectivity index (χ3v) is 5.63. The first-order valence-corrected chi connectivity index (χ1v) is 9.33. The highest BCUT2D eigenvalue weighted by atomic mass is 16.3. The van der Waals surface area contributed by atoms with Gasteiger partial charge in [0.2, 0.25) is 0 Å². The molecule has 1 atom stereocenters. The van der Waals surface area contributed by atoms with E-state index in [2.05, 4.69) is 34.9 Å². The van der Waals surface area contributed by atoms with Crippen molar-refractivity contribution in [2.24, 2.45) is 0 Å². The summed E-state index contributed by atoms with van der Waals surface area (Å²) in [6.45, 7) is 9.83. The van der Waals surface area contributed by atoms with Crippen LogP contribution in [0.4, 0.5) is 0 Å². The van der Waals surface area contributed by atoms with Crippen LogP contribution in [0.3, 0.4) is 0 Å². The predicted octanol–water partition coefficient (Wildman–Crippen LogP) is 2.02. The Kier molecular flexibility index (Phi) is 5.72. The fourth-order valence-corrected chi connectivity index (χ4v) is 4.32. The number of nitrogens with zero attached hydrogens (tertiary/aromatic N) is 4. The number of aliphatic hydroxyl groups is 1. The highest BCUT2D eigenvalue weighted by molar-refractivity contribution is 5.15. The maximum Gasteiger partial charge on any atom is 0.0638 e. The van der Waals surface area contributed by atoms with Gasteiger partial charge in [-0.05, 0) is 33.1 Å². The van der Waals surface area contributed by atoms with Gasteiger partial charge in [-0.25, -0.2) is 0 Å². The zero-order valence-electron chi connectivity index (χ0n) is 14.7. The molecule has 23 heavy (non-hydrogen) atoms. The van der Waals surface area contributed by atoms with Crippen LogP contribution in [-0.4, -0.2) is 63.0 Å². The minimum Gasteiger partial charge on any atom is -0.396 e. The van der Waals surface area contributed by atoms with Crippen LogP contribution >= 0.6 is 0 Å². The van der Waals surface area contributed by atoms with Crippen LogP contribution in [0.5, 0.6) is 0 Å². The highest BCUT2D eigenvalue weighted by Crippen LogP contribution is 2.28. The van der Waals surface area contributed by atoms with Crippen molar-refractivity contribution in [1.82, 2.24) is 19.6 Å². The largest absolute Gasteiger partial charge is 0.396 e. The van der Waals surface area contributed by atoms with Crippen LogP contribution in [-0.2, 0) is 13.1 Å². The summed E-state index contributed by atoms with van der Waals surface area (Å²) in [4.78, 5) is 5.25. The van der Waals surface area contributed by atoms with Gasteiger partial charge in [0.25, 0.3) is 0 Å². The second kappa shape index (κ2) is 7.77. The lowest BCUT2D eigenvalue weighted by Crippen LogP contribution is -2.56. The Morgan fingerprint density at radius 2 is 2.04 bits per heavy atom. The third kappa shape index (κ3) is 3.95. The van der Waals surface area contributed by atoms with Crippen LogP contribution < -0.4 is 0 Å². The number of piperazine rings is 1. The summed E-state index contributed by atoms with van der Waals surface area (Å²) >= 11 is 0. The number of hydrogen-bond acceptors (Lipinski definition) is 4. The van der Waals surface area contributed by atoms with E-state index in [9.17, 15) is 5.11 Å². The number of aliphatic hydroxyl groups excluding tert-OH is 1. The van der Waals surface area contributed by atoms with E-state index in [1.807, 2.05) is 4.68 Å². The first-order valence-electron chi connectivity index (χ1n) is 9.33. The standard InChI is InChI=1S/C18H32N4O/c1-3-21-13-16(15(2)19-21)12-20-9-10-22(17-6-4-5-7-17)18(14-20)8-11-23/h13,17-18,23H,3-12,14H2,1-2H3/t18-/m0/s1. The number of aryl methyl sites for hydroxylation is 2. The van der Waals surface area contributed by atoms with Crippen molar-refractivity contribution < 1.29 is 5.11 Å². The van der Waals surface area contributed by atoms with Crippen LogP contribution in [0.1, 0.15) is 50.3 Å². The Labute approximate surface area is 140 Å². The van der Waals surface area contributed by atoms with E-state index in [1.165, 1.54) is 31.2 Å². The topological polar surface area (TPSA) is 44.5 Å². The zero-order chi connectivity index (χ0) is 16.2. The lowest BCUT2D eigenvalue weighted by atomic mass is 10.0. The molecule has 1 aliphatic heterocycles. The molecule has 2 fully saturated rings. The molecular weight excluding hydrogens is 288 g/mol. The van der Waals surface area contributed by atoms with Crippen LogP contribution in [0, 0.1) is 6.92 Å². The molecule has 1 aliphatic carbocycles. The summed E-state index contributed by atoms with van der Waals surface area (Å²) < 4.78 is 2.03. The molecule has 1 aromatic heterocycles. The SMILES string of the molecule is CCn1cc(CN2CCN(C3CCCC3)[C@@H](CCO)C2)c(C)n1. The van der Waals surface area contributed by atoms with Gasteiger partial charge in [0.15, 0.2) is 0 Å². The quantitative estimate of drug-likeness (QED) is 0.871. The Morgan fingerprint density at radius 3 is 2.70 bits per heavy atom. The Morgan fingerprint density at radius 1 is 1.26 bits per heavy atom. The molecule has 0 radical (unpaired) electrons. The van der Waals surface area contributed by atoms with Gasteiger partial charge in [0, 0.05) is 63.2 Å². The van der Waals surface area contributed by atoms with Crippen LogP contribution in [0.25, 0.3) is 0 Å². The summed E-state index contributed by atoms with van der Waals surface area (Å²) in [5.74, 6) is 0. The van der Waals surface area contributed by atoms with E-state index in [0.29, 0.717) is 12.6 Å². The molecule has 0 bridgehead atoms. The molecule has 5 heteroatoms. The van der Waals surface area contributed by atoms with Crippen molar-refractivity contribution in [3.05, 3.63) is 17.5 Å². The Hall–Kier alpha value is -0.910. The Bertz CT molecular complexity index is 495. The van der Waals surface area contributed by atoms with Gasteiger partial charge in [-0.15, -0.1) is 0 Å². The second-order valence-corrected chi connectivity index (χ2v) is 7.17. The summed E-state index contributed by atoms with van der Waals surface area (Å²) in [5, 5.41) is 14.0. The fraction of sp³-hybridized carbons (Fsp3) is 0.833. The number of hydrogen-bond donors (Lipinski definition) is 1. The van der Waals surface area contributed by atoms with Crippen molar-refractivity contribution >= 4 is 0 Å². The van der Waals surface area contributed by atoms with Gasteiger partial charge in [0.1, 0.15) is 0 Å². The maximum atomic E-state index is 9.48. The molecule has 2 aliphatic rings. The zero-order valence-corrected chi connectivity index (χ0v) is 14.7. The summed E-state index contributed by atoms with van der Waals surface area (Å²) in [6, 6.07) is 1.27. The molecule has 0 spiro atoms. The fourth-order valence-electron chi connectivity index (χ4n) is 4.32. The molecule has 5 nitrogen and oxygen atoms in total. The molecule has 2 heterocycles. The summed E-state index contributed by atoms with van der Waals surface area (Å²) in [6.07, 6.45) is 8.56. The van der Waals surface area contributed by atoms with E-state index < -0.39 is 0 Å². The third-order valence-electron chi connectivity index (χ3n) is 5.63. The van der Waals surface area contributed by atoms with Gasteiger partial charge in [0.05, 0.1) is 5.69 Å². The molecule has 0 amide bonds. The first-order chi connectivity index (χ1) is 11.2. The van der Waals surface area contributed by atoms with Crippen LogP contribution in [0.2, 0.25) is 0 Å². The van der Waals surface area contributed by atoms with Gasteiger partial charge >= 0.3 is 0 Å². The van der Waals surface area contributed by atoms with Crippen molar-refractivity contribution in [2.75, 3.05) is 26.2 Å². The van der Waals surface area contributed by atoms with Crippen molar-refractivity contribution in [3.8, 4) is 0 Å². The molecule has 1 saturated carbocycles. The maximum absolute atomic E-state index is 9.48. The van der Waals surface area contributed by atoms with Gasteiger partial charge in [-0.3, -0.25) is 14.5 Å². The molecule has 1 N–H and O–H groups in total. The predicted molar refractivity (Wildman–Crippen MR) is 92.4 cm³/mol. The monoisotopic (exact) mass is 320 g/mol. The van der Waals surface area contributed by atoms with Gasteiger partial charge in [-0.2, -0.15) is 5.10 Å². The van der Waals surface area contributed by atoms with Crippen LogP contribution in [0.15, 0.2) is 6.20 Å². The van der Waals surface area contributed by atoms with E-state index in [4.69, 9.17) is 0 Å². The molecule has 1 aromatic rings. The lowest BCUT2D eigenvalue weighted by Gasteiger charge is -2.44. The summed E-state index contributed by atoms with van der Waals surface area (Å²) in [5.41, 5.74) is 2.51. The highest BCUT2D eigenvalue weighted by Gasteiger charge is 2.33. The normalized spacial score (nSPS) is 24.6. The van der Waals surface area contributed by atoms with Crippen molar-refractivity contribution in [2.45, 2.75) is 71.1 Å². The molecule has 130 valence electrons. The second-order valence-electron chi connectivity index (χ2n) is 7.17. The molecule has 1 saturated heterocycles. The lowest BCUT2D eigenvalue weighted by molar-refractivity contribution is 0.0266. The molecular formula is C18H32N4O. The van der Waals surface area contributed by atoms with E-state index in [0.717, 1.165) is 50.9 Å². The van der Waals surface area contributed by atoms with Gasteiger partial charge in [-0.1, -0.05) is 12.8 Å².